The maximum atomic E-state index is 12.6. The number of oxazole rings is 2. The van der Waals surface area contributed by atoms with Crippen LogP contribution in [-0.2, 0) is 19.1 Å². The van der Waals surface area contributed by atoms with E-state index in [-0.39, 0.29) is 43.8 Å². The van der Waals surface area contributed by atoms with Crippen molar-refractivity contribution in [2.75, 3.05) is 0 Å². The number of fused-ring (bicyclic) bond motifs is 2. The molecule has 2 aromatic carbocycles. The monoisotopic (exact) mass is 624 g/mol. The van der Waals surface area contributed by atoms with Gasteiger partial charge in [-0.25, -0.2) is 26.4 Å². The van der Waals surface area contributed by atoms with Gasteiger partial charge in [0.1, 0.15) is 21.8 Å². The number of H-pyrrole nitrogens is 1. The van der Waals surface area contributed by atoms with Crippen molar-refractivity contribution in [2.24, 2.45) is 0 Å². The van der Waals surface area contributed by atoms with Crippen molar-refractivity contribution in [2.45, 2.75) is 37.5 Å². The van der Waals surface area contributed by atoms with Gasteiger partial charge in [0.25, 0.3) is 19.1 Å². The Kier molecular flexibility index (Phi) is 8.10. The number of nitrogens with one attached hydrogen (secondary N) is 1. The van der Waals surface area contributed by atoms with Crippen molar-refractivity contribution in [3.05, 3.63) is 92.5 Å². The topological polar surface area (TPSA) is 201 Å². The van der Waals surface area contributed by atoms with Gasteiger partial charge in [0.05, 0.1) is 5.52 Å². The average Bonchev–Trinajstić information content (AvgIpc) is 3.62. The first-order chi connectivity index (χ1) is 19.2. The molecule has 0 saturated heterocycles. The Morgan fingerprint density at radius 1 is 0.756 bits per heavy atom. The first-order valence-corrected chi connectivity index (χ1v) is 15.2. The van der Waals surface area contributed by atoms with Gasteiger partial charge in [0, 0.05) is 10.7 Å². The first kappa shape index (κ1) is 29.6. The van der Waals surface area contributed by atoms with Crippen molar-refractivity contribution in [3.8, 4) is 0 Å². The Morgan fingerprint density at radius 2 is 1.29 bits per heavy atom. The molecule has 4 heterocycles. The number of aromatic nitrogens is 4. The van der Waals surface area contributed by atoms with Crippen LogP contribution in [0.3, 0.4) is 0 Å². The zero-order valence-corrected chi connectivity index (χ0v) is 24.1. The standard InChI is InChI=1S/C12H10N2O5S.C7H5NO2.C5H6ClNO3S/c1-7-11(8(2)19-13-7)20(16,17)14-9-5-3-4-6-10(9)18-12(14)15;9-7-8-5-3-1-2-4-6(5)10-7;1-3-5(11(6,8)9)4(2)10-7-3/h3-6H,1-2H3;1-4H,(H,8,9);1-2H3. The fraction of sp³-hybridized carbons (Fsp3) is 0.167. The number of rotatable bonds is 3. The summed E-state index contributed by atoms with van der Waals surface area (Å²) in [6.45, 7) is 5.98. The second kappa shape index (κ2) is 11.2. The fourth-order valence-electron chi connectivity index (χ4n) is 3.82. The Bertz CT molecular complexity index is 2120. The van der Waals surface area contributed by atoms with E-state index in [1.54, 1.807) is 24.3 Å². The molecule has 17 heteroatoms. The quantitative estimate of drug-likeness (QED) is 0.280. The average molecular weight is 625 g/mol. The molecular formula is C24H21ClN4O10S2. The molecule has 6 aromatic rings. The summed E-state index contributed by atoms with van der Waals surface area (Å²) < 4.78 is 66.7. The minimum absolute atomic E-state index is 0.0285. The summed E-state index contributed by atoms with van der Waals surface area (Å²) in [4.78, 5) is 24.8. The van der Waals surface area contributed by atoms with Crippen LogP contribution in [-0.4, -0.2) is 36.1 Å². The highest BCUT2D eigenvalue weighted by Gasteiger charge is 2.30. The van der Waals surface area contributed by atoms with E-state index in [1.165, 1.54) is 39.8 Å². The third-order valence-corrected chi connectivity index (χ3v) is 8.91. The van der Waals surface area contributed by atoms with Gasteiger partial charge in [-0.3, -0.25) is 4.98 Å². The van der Waals surface area contributed by atoms with Crippen molar-refractivity contribution >= 4 is 52.0 Å². The number of hydrogen-bond donors (Lipinski definition) is 1. The van der Waals surface area contributed by atoms with Gasteiger partial charge in [-0.05, 0) is 52.0 Å². The summed E-state index contributed by atoms with van der Waals surface area (Å²) >= 11 is 0. The highest BCUT2D eigenvalue weighted by Crippen LogP contribution is 2.24. The van der Waals surface area contributed by atoms with Crippen LogP contribution in [0.5, 0.6) is 0 Å². The number of halogens is 1. The minimum Gasteiger partial charge on any atom is -0.408 e. The number of benzene rings is 2. The molecule has 0 saturated carbocycles. The molecule has 0 atom stereocenters. The molecule has 0 spiro atoms. The van der Waals surface area contributed by atoms with Gasteiger partial charge in [0.15, 0.2) is 27.6 Å². The second-order valence-electron chi connectivity index (χ2n) is 8.36. The van der Waals surface area contributed by atoms with Crippen molar-refractivity contribution in [1.82, 2.24) is 19.3 Å². The van der Waals surface area contributed by atoms with Crippen LogP contribution in [0.4, 0.5) is 0 Å². The van der Waals surface area contributed by atoms with Gasteiger partial charge in [-0.2, -0.15) is 3.97 Å². The Morgan fingerprint density at radius 3 is 1.80 bits per heavy atom. The maximum absolute atomic E-state index is 12.6. The molecular weight excluding hydrogens is 604 g/mol. The SMILES string of the molecule is Cc1noc(C)c1S(=O)(=O)Cl.Cc1noc(C)c1S(=O)(=O)n1c(=O)oc2ccccc21.O=c1[nH]c2ccccc2o1. The Hall–Kier alpha value is -4.41. The Balaban J connectivity index is 0.000000156. The fourth-order valence-corrected chi connectivity index (χ4v) is 6.89. The van der Waals surface area contributed by atoms with Crippen LogP contribution in [0.2, 0.25) is 0 Å². The van der Waals surface area contributed by atoms with E-state index in [2.05, 4.69) is 19.8 Å². The van der Waals surface area contributed by atoms with Crippen LogP contribution < -0.4 is 11.5 Å². The smallest absolute Gasteiger partial charge is 0.408 e. The highest BCUT2D eigenvalue weighted by atomic mass is 35.7. The van der Waals surface area contributed by atoms with Crippen molar-refractivity contribution in [3.63, 3.8) is 0 Å². The van der Waals surface area contributed by atoms with Gasteiger partial charge >= 0.3 is 11.5 Å². The lowest BCUT2D eigenvalue weighted by Gasteiger charge is -2.03. The summed E-state index contributed by atoms with van der Waals surface area (Å²) in [6.07, 6.45) is 0. The molecule has 0 aliphatic heterocycles. The number of hydrogen-bond acceptors (Lipinski definition) is 12. The minimum atomic E-state index is -4.12. The molecule has 216 valence electrons. The third-order valence-electron chi connectivity index (χ3n) is 5.45. The van der Waals surface area contributed by atoms with E-state index in [4.69, 9.17) is 24.0 Å². The van der Waals surface area contributed by atoms with Gasteiger partial charge < -0.3 is 17.9 Å². The summed E-state index contributed by atoms with van der Waals surface area (Å²) in [5.41, 5.74) is 2.21. The van der Waals surface area contributed by atoms with Crippen molar-refractivity contribution < 1.29 is 34.7 Å². The Labute approximate surface area is 235 Å². The van der Waals surface area contributed by atoms with E-state index in [0.29, 0.717) is 9.56 Å². The summed E-state index contributed by atoms with van der Waals surface area (Å²) in [5, 5.41) is 7.05. The summed E-state index contributed by atoms with van der Waals surface area (Å²) in [5.74, 6) is -1.02. The molecule has 41 heavy (non-hydrogen) atoms. The van der Waals surface area contributed by atoms with E-state index in [9.17, 15) is 26.4 Å². The maximum Gasteiger partial charge on any atom is 0.434 e. The largest absolute Gasteiger partial charge is 0.434 e. The number of aromatic amines is 1. The lowest BCUT2D eigenvalue weighted by Crippen LogP contribution is -2.24. The van der Waals surface area contributed by atoms with Crippen LogP contribution in [0.25, 0.3) is 22.2 Å². The van der Waals surface area contributed by atoms with Crippen LogP contribution in [0, 0.1) is 27.7 Å². The molecule has 0 aliphatic carbocycles. The van der Waals surface area contributed by atoms with Crippen LogP contribution in [0.15, 0.2) is 85.8 Å². The molecule has 0 fully saturated rings. The normalized spacial score (nSPS) is 11.6. The van der Waals surface area contributed by atoms with Gasteiger partial charge in [0.2, 0.25) is 0 Å². The lowest BCUT2D eigenvalue weighted by molar-refractivity contribution is 0.390. The van der Waals surface area contributed by atoms with E-state index < -0.39 is 30.6 Å². The molecule has 1 N–H and O–H groups in total. The molecule has 4 aromatic heterocycles. The molecule has 0 radical (unpaired) electrons. The predicted molar refractivity (Wildman–Crippen MR) is 145 cm³/mol. The number of aryl methyl sites for hydroxylation is 4. The summed E-state index contributed by atoms with van der Waals surface area (Å²) in [7, 11) is -2.74. The molecule has 14 nitrogen and oxygen atoms in total. The van der Waals surface area contributed by atoms with E-state index >= 15 is 0 Å². The number of para-hydroxylation sites is 4. The molecule has 0 unspecified atom stereocenters. The van der Waals surface area contributed by atoms with Crippen LogP contribution in [0.1, 0.15) is 22.9 Å². The highest BCUT2D eigenvalue weighted by molar-refractivity contribution is 8.13. The van der Waals surface area contributed by atoms with Gasteiger partial charge in [-0.1, -0.05) is 34.6 Å². The van der Waals surface area contributed by atoms with Gasteiger partial charge in [-0.15, -0.1) is 0 Å². The van der Waals surface area contributed by atoms with E-state index in [1.807, 2.05) is 12.1 Å². The van der Waals surface area contributed by atoms with Crippen LogP contribution >= 0.6 is 10.7 Å². The van der Waals surface area contributed by atoms with Crippen molar-refractivity contribution in [1.29, 1.82) is 0 Å². The predicted octanol–water partition coefficient (Wildman–Crippen LogP) is 3.78. The number of nitrogens with zero attached hydrogens (tertiary/aromatic N) is 3. The summed E-state index contributed by atoms with van der Waals surface area (Å²) in [6, 6.07) is 13.5. The molecule has 0 amide bonds. The molecule has 0 aliphatic rings. The van der Waals surface area contributed by atoms with E-state index in [0.717, 1.165) is 5.52 Å². The third kappa shape index (κ3) is 6.03. The molecule has 0 bridgehead atoms. The molecule has 6 rings (SSSR count). The zero-order chi connectivity index (χ0) is 30.1. The second-order valence-corrected chi connectivity index (χ2v) is 12.6. The zero-order valence-electron chi connectivity index (χ0n) is 21.7. The lowest BCUT2D eigenvalue weighted by atomic mass is 10.3. The first-order valence-electron chi connectivity index (χ1n) is 11.5.